The second-order valence-electron chi connectivity index (χ2n) is 4.44. The molecule has 2 N–H and O–H groups in total. The third-order valence-corrected chi connectivity index (χ3v) is 3.40. The number of nitrogens with zero attached hydrogens (tertiary/aromatic N) is 1. The van der Waals surface area contributed by atoms with E-state index in [4.69, 9.17) is 10.2 Å². The molecule has 0 saturated carbocycles. The van der Waals surface area contributed by atoms with E-state index in [0.717, 1.165) is 23.4 Å². The first kappa shape index (κ1) is 10.9. The molecule has 1 aliphatic heterocycles. The molecule has 0 saturated heterocycles. The van der Waals surface area contributed by atoms with Gasteiger partial charge in [0.25, 0.3) is 5.91 Å². The third kappa shape index (κ3) is 1.49. The van der Waals surface area contributed by atoms with Crippen molar-refractivity contribution >= 4 is 17.3 Å². The Bertz CT molecular complexity index is 616. The summed E-state index contributed by atoms with van der Waals surface area (Å²) in [7, 11) is 0. The van der Waals surface area contributed by atoms with Gasteiger partial charge in [-0.05, 0) is 31.5 Å². The van der Waals surface area contributed by atoms with E-state index in [1.54, 1.807) is 24.2 Å². The zero-order chi connectivity index (χ0) is 12.7. The van der Waals surface area contributed by atoms with Gasteiger partial charge in [0.05, 0.1) is 11.8 Å². The first-order chi connectivity index (χ1) is 8.68. The van der Waals surface area contributed by atoms with Gasteiger partial charge in [-0.15, -0.1) is 0 Å². The number of nitrogen functional groups attached to an aromatic ring is 1. The molecule has 2 heterocycles. The van der Waals surface area contributed by atoms with Crippen LogP contribution >= 0.6 is 0 Å². The Hall–Kier alpha value is -2.23. The van der Waals surface area contributed by atoms with Gasteiger partial charge < -0.3 is 15.1 Å². The maximum absolute atomic E-state index is 12.4. The number of carbonyl (C=O) groups is 1. The van der Waals surface area contributed by atoms with Crippen LogP contribution in [0.2, 0.25) is 0 Å². The molecule has 2 aromatic rings. The average molecular weight is 242 g/mol. The molecule has 0 fully saturated rings. The third-order valence-electron chi connectivity index (χ3n) is 3.40. The Morgan fingerprint density at radius 2 is 2.22 bits per heavy atom. The summed E-state index contributed by atoms with van der Waals surface area (Å²) in [5.74, 6) is 0.628. The van der Waals surface area contributed by atoms with Crippen LogP contribution in [0.25, 0.3) is 0 Å². The van der Waals surface area contributed by atoms with E-state index in [1.807, 2.05) is 18.2 Å². The van der Waals surface area contributed by atoms with Gasteiger partial charge in [-0.2, -0.15) is 0 Å². The average Bonchev–Trinajstić information content (AvgIpc) is 2.95. The van der Waals surface area contributed by atoms with Crippen LogP contribution in [0, 0.1) is 6.92 Å². The fraction of sp³-hybridized carbons (Fsp3) is 0.214. The minimum Gasteiger partial charge on any atom is -0.469 e. The normalized spacial score (nSPS) is 13.7. The molecule has 0 bridgehead atoms. The number of hydrogen-bond acceptors (Lipinski definition) is 3. The number of amides is 1. The molecule has 1 amide bonds. The number of fused-ring (bicyclic) bond motifs is 1. The molecular weight excluding hydrogens is 228 g/mol. The van der Waals surface area contributed by atoms with E-state index in [1.165, 1.54) is 0 Å². The predicted molar refractivity (Wildman–Crippen MR) is 69.7 cm³/mol. The van der Waals surface area contributed by atoms with E-state index in [2.05, 4.69) is 0 Å². The van der Waals surface area contributed by atoms with E-state index >= 15 is 0 Å². The van der Waals surface area contributed by atoms with Crippen molar-refractivity contribution in [1.29, 1.82) is 0 Å². The van der Waals surface area contributed by atoms with Crippen molar-refractivity contribution in [2.45, 2.75) is 13.3 Å². The largest absolute Gasteiger partial charge is 0.469 e. The molecule has 4 heteroatoms. The maximum atomic E-state index is 12.4. The van der Waals surface area contributed by atoms with Gasteiger partial charge in [0.15, 0.2) is 0 Å². The van der Waals surface area contributed by atoms with Crippen LogP contribution in [-0.2, 0) is 6.42 Å². The summed E-state index contributed by atoms with van der Waals surface area (Å²) in [6, 6.07) is 7.39. The van der Waals surface area contributed by atoms with Crippen molar-refractivity contribution in [1.82, 2.24) is 0 Å². The zero-order valence-electron chi connectivity index (χ0n) is 10.1. The van der Waals surface area contributed by atoms with E-state index in [9.17, 15) is 4.79 Å². The fourth-order valence-corrected chi connectivity index (χ4v) is 2.42. The molecular formula is C14H14N2O2. The standard InChI is InChI=1S/C14H14N2O2/c1-9-10(6-8-18-9)14(17)16-7-5-11-12(15)3-2-4-13(11)16/h2-4,6,8H,5,7,15H2,1H3. The van der Waals surface area contributed by atoms with Crippen LogP contribution in [0.15, 0.2) is 34.9 Å². The van der Waals surface area contributed by atoms with Gasteiger partial charge in [0.2, 0.25) is 0 Å². The Morgan fingerprint density at radius 1 is 1.39 bits per heavy atom. The molecule has 0 radical (unpaired) electrons. The van der Waals surface area contributed by atoms with E-state index in [-0.39, 0.29) is 5.91 Å². The van der Waals surface area contributed by atoms with Crippen molar-refractivity contribution < 1.29 is 9.21 Å². The van der Waals surface area contributed by atoms with Gasteiger partial charge in [-0.25, -0.2) is 0 Å². The van der Waals surface area contributed by atoms with E-state index in [0.29, 0.717) is 17.9 Å². The summed E-state index contributed by atoms with van der Waals surface area (Å²) in [6.45, 7) is 2.47. The molecule has 0 unspecified atom stereocenters. The smallest absolute Gasteiger partial charge is 0.261 e. The van der Waals surface area contributed by atoms with Crippen molar-refractivity contribution in [2.24, 2.45) is 0 Å². The van der Waals surface area contributed by atoms with Crippen LogP contribution in [0.5, 0.6) is 0 Å². The van der Waals surface area contributed by atoms with Gasteiger partial charge in [-0.1, -0.05) is 6.07 Å². The quantitative estimate of drug-likeness (QED) is 0.781. The monoisotopic (exact) mass is 242 g/mol. The lowest BCUT2D eigenvalue weighted by atomic mass is 10.1. The summed E-state index contributed by atoms with van der Waals surface area (Å²) < 4.78 is 5.18. The fourth-order valence-electron chi connectivity index (χ4n) is 2.42. The number of nitrogens with two attached hydrogens (primary N) is 1. The van der Waals surface area contributed by atoms with Crippen LogP contribution < -0.4 is 10.6 Å². The van der Waals surface area contributed by atoms with Crippen LogP contribution in [0.4, 0.5) is 11.4 Å². The molecule has 1 aromatic heterocycles. The highest BCUT2D eigenvalue weighted by molar-refractivity contribution is 6.08. The molecule has 3 rings (SSSR count). The summed E-state index contributed by atoms with van der Waals surface area (Å²) in [6.07, 6.45) is 2.35. The summed E-state index contributed by atoms with van der Waals surface area (Å²) in [5.41, 5.74) is 9.28. The Morgan fingerprint density at radius 3 is 2.94 bits per heavy atom. The molecule has 4 nitrogen and oxygen atoms in total. The SMILES string of the molecule is Cc1occc1C(=O)N1CCc2c(N)cccc21. The van der Waals surface area contributed by atoms with Crippen LogP contribution in [0.1, 0.15) is 21.7 Å². The second-order valence-corrected chi connectivity index (χ2v) is 4.44. The lowest BCUT2D eigenvalue weighted by Gasteiger charge is -2.17. The Labute approximate surface area is 105 Å². The molecule has 1 aliphatic rings. The molecule has 92 valence electrons. The Kier molecular flexibility index (Phi) is 2.37. The Balaban J connectivity index is 2.00. The highest BCUT2D eigenvalue weighted by Gasteiger charge is 2.28. The molecule has 18 heavy (non-hydrogen) atoms. The number of aryl methyl sites for hydroxylation is 1. The highest BCUT2D eigenvalue weighted by atomic mass is 16.3. The zero-order valence-corrected chi connectivity index (χ0v) is 10.1. The number of furan rings is 1. The van der Waals surface area contributed by atoms with Crippen molar-refractivity contribution in [3.05, 3.63) is 47.4 Å². The summed E-state index contributed by atoms with van der Waals surface area (Å²) in [5, 5.41) is 0. The topological polar surface area (TPSA) is 59.5 Å². The van der Waals surface area contributed by atoms with Gasteiger partial charge in [0, 0.05) is 23.5 Å². The maximum Gasteiger partial charge on any atom is 0.261 e. The van der Waals surface area contributed by atoms with Gasteiger partial charge in [-0.3, -0.25) is 4.79 Å². The van der Waals surface area contributed by atoms with Crippen molar-refractivity contribution in [3.8, 4) is 0 Å². The second kappa shape index (κ2) is 3.91. The number of carbonyl (C=O) groups excluding carboxylic acids is 1. The van der Waals surface area contributed by atoms with Crippen LogP contribution in [-0.4, -0.2) is 12.5 Å². The van der Waals surface area contributed by atoms with Crippen molar-refractivity contribution in [2.75, 3.05) is 17.2 Å². The summed E-state index contributed by atoms with van der Waals surface area (Å²) >= 11 is 0. The first-order valence-corrected chi connectivity index (χ1v) is 5.92. The number of rotatable bonds is 1. The van der Waals surface area contributed by atoms with Crippen molar-refractivity contribution in [3.63, 3.8) is 0 Å². The summed E-state index contributed by atoms with van der Waals surface area (Å²) in [4.78, 5) is 14.2. The minimum atomic E-state index is -0.0226. The molecule has 0 aliphatic carbocycles. The number of hydrogen-bond donors (Lipinski definition) is 1. The number of anilines is 2. The van der Waals surface area contributed by atoms with E-state index < -0.39 is 0 Å². The molecule has 1 aromatic carbocycles. The lowest BCUT2D eigenvalue weighted by molar-refractivity contribution is 0.0988. The van der Waals surface area contributed by atoms with Gasteiger partial charge >= 0.3 is 0 Å². The molecule has 0 spiro atoms. The predicted octanol–water partition coefficient (Wildman–Crippen LogP) is 2.37. The van der Waals surface area contributed by atoms with Gasteiger partial charge in [0.1, 0.15) is 5.76 Å². The lowest BCUT2D eigenvalue weighted by Crippen LogP contribution is -2.28. The molecule has 0 atom stereocenters. The highest BCUT2D eigenvalue weighted by Crippen LogP contribution is 2.33. The minimum absolute atomic E-state index is 0.0226. The number of benzene rings is 1. The van der Waals surface area contributed by atoms with Crippen LogP contribution in [0.3, 0.4) is 0 Å². The first-order valence-electron chi connectivity index (χ1n) is 5.92.